The van der Waals surface area contributed by atoms with E-state index in [0.717, 1.165) is 19.3 Å². The first-order valence-corrected chi connectivity index (χ1v) is 10.1. The van der Waals surface area contributed by atoms with Crippen molar-refractivity contribution >= 4 is 41.8 Å². The predicted molar refractivity (Wildman–Crippen MR) is 123 cm³/mol. The van der Waals surface area contributed by atoms with Crippen molar-refractivity contribution in [3.05, 3.63) is 38.2 Å². The van der Waals surface area contributed by atoms with Crippen LogP contribution in [0, 0.1) is 5.92 Å². The van der Waals surface area contributed by atoms with Gasteiger partial charge in [-0.15, -0.1) is 24.8 Å². The summed E-state index contributed by atoms with van der Waals surface area (Å²) in [6.07, 6.45) is 3.60. The Balaban J connectivity index is 0.00000225. The number of carbonyl (C=O) groups is 1. The number of fused-ring (bicyclic) bond motifs is 1. The van der Waals surface area contributed by atoms with Crippen LogP contribution < -0.4 is 22.3 Å². The highest BCUT2D eigenvalue weighted by Crippen LogP contribution is 2.26. The van der Waals surface area contributed by atoms with E-state index < -0.39 is 11.2 Å². The Kier molecular flexibility index (Phi) is 9.52. The molecule has 2 aromatic heterocycles. The van der Waals surface area contributed by atoms with E-state index in [0.29, 0.717) is 25.2 Å². The van der Waals surface area contributed by atoms with Crippen molar-refractivity contribution in [3.63, 3.8) is 0 Å². The van der Waals surface area contributed by atoms with Crippen LogP contribution in [0.15, 0.2) is 15.7 Å². The van der Waals surface area contributed by atoms with Gasteiger partial charge in [-0.05, 0) is 43.7 Å². The molecule has 2 atom stereocenters. The molecule has 1 amide bonds. The number of rotatable bonds is 6. The molecule has 0 bridgehead atoms. The third-order valence-electron chi connectivity index (χ3n) is 5.53. The zero-order valence-corrected chi connectivity index (χ0v) is 19.2. The molecule has 168 valence electrons. The normalized spacial score (nSPS) is 18.2. The fraction of sp³-hybridized carbons (Fsp3) is 0.600. The molecule has 0 radical (unpaired) electrons. The van der Waals surface area contributed by atoms with Gasteiger partial charge in [0, 0.05) is 18.3 Å². The lowest BCUT2D eigenvalue weighted by molar-refractivity contribution is 0.0930. The molecule has 2 heterocycles. The topological polar surface area (TPSA) is 123 Å². The number of aryl methyl sites for hydroxylation is 1. The van der Waals surface area contributed by atoms with Crippen LogP contribution in [0.4, 0.5) is 0 Å². The molecule has 4 N–H and O–H groups in total. The van der Waals surface area contributed by atoms with Gasteiger partial charge in [0.2, 0.25) is 0 Å². The molecule has 0 saturated heterocycles. The molecule has 10 heteroatoms. The second kappa shape index (κ2) is 10.9. The number of nitrogens with two attached hydrogens (primary N) is 1. The highest BCUT2D eigenvalue weighted by Gasteiger charge is 2.29. The van der Waals surface area contributed by atoms with E-state index in [2.05, 4.69) is 15.3 Å². The minimum atomic E-state index is -0.581. The van der Waals surface area contributed by atoms with Crippen LogP contribution in [-0.4, -0.2) is 33.0 Å². The van der Waals surface area contributed by atoms with Gasteiger partial charge in [0.25, 0.3) is 11.5 Å². The summed E-state index contributed by atoms with van der Waals surface area (Å²) in [5.41, 5.74) is 5.96. The summed E-state index contributed by atoms with van der Waals surface area (Å²) in [7, 11) is 0. The number of pyridine rings is 1. The molecule has 30 heavy (non-hydrogen) atoms. The standard InChI is InChI=1S/C20H29N5O3.2ClH/c1-4-8-25-17-16(19(27)24-20(25)28)13(9-15(22-17)11(2)3)18(26)23-14-7-5-6-12(14)10-21;;/h9,11-12,14H,4-8,10,21H2,1-3H3,(H,23,26)(H,24,27,28);2*1H. The summed E-state index contributed by atoms with van der Waals surface area (Å²) >= 11 is 0. The molecule has 1 fully saturated rings. The maximum atomic E-state index is 13.1. The van der Waals surface area contributed by atoms with E-state index in [-0.39, 0.29) is 65.2 Å². The Morgan fingerprint density at radius 1 is 1.33 bits per heavy atom. The average Bonchev–Trinajstić information content (AvgIpc) is 3.10. The molecule has 0 aliphatic heterocycles. The first-order valence-electron chi connectivity index (χ1n) is 10.1. The molecule has 3 rings (SSSR count). The minimum absolute atomic E-state index is 0. The van der Waals surface area contributed by atoms with Crippen molar-refractivity contribution in [2.75, 3.05) is 6.54 Å². The van der Waals surface area contributed by atoms with Gasteiger partial charge in [-0.2, -0.15) is 0 Å². The fourth-order valence-electron chi connectivity index (χ4n) is 3.95. The molecule has 1 saturated carbocycles. The van der Waals surface area contributed by atoms with Crippen LogP contribution >= 0.6 is 24.8 Å². The second-order valence-corrected chi connectivity index (χ2v) is 7.87. The van der Waals surface area contributed by atoms with Gasteiger partial charge >= 0.3 is 5.69 Å². The first kappa shape index (κ1) is 26.1. The van der Waals surface area contributed by atoms with Crippen LogP contribution in [0.2, 0.25) is 0 Å². The van der Waals surface area contributed by atoms with Gasteiger partial charge in [0.15, 0.2) is 5.65 Å². The SMILES string of the molecule is CCCn1c(=O)[nH]c(=O)c2c(C(=O)NC3CCCC3CN)cc(C(C)C)nc21.Cl.Cl. The number of aromatic amines is 1. The summed E-state index contributed by atoms with van der Waals surface area (Å²) in [6, 6.07) is 1.67. The molecule has 1 aliphatic rings. The van der Waals surface area contributed by atoms with Crippen molar-refractivity contribution in [2.24, 2.45) is 11.7 Å². The Morgan fingerprint density at radius 2 is 2.03 bits per heavy atom. The largest absolute Gasteiger partial charge is 0.349 e. The van der Waals surface area contributed by atoms with Crippen LogP contribution in [0.25, 0.3) is 11.0 Å². The molecule has 0 aromatic carbocycles. The third kappa shape index (κ3) is 5.04. The van der Waals surface area contributed by atoms with Crippen LogP contribution in [-0.2, 0) is 6.54 Å². The van der Waals surface area contributed by atoms with Gasteiger partial charge in [-0.1, -0.05) is 27.2 Å². The quantitative estimate of drug-likeness (QED) is 0.611. The van der Waals surface area contributed by atoms with Crippen LogP contribution in [0.5, 0.6) is 0 Å². The number of nitrogens with one attached hydrogen (secondary N) is 2. The highest BCUT2D eigenvalue weighted by atomic mass is 35.5. The van der Waals surface area contributed by atoms with Crippen LogP contribution in [0.3, 0.4) is 0 Å². The maximum absolute atomic E-state index is 13.1. The number of amides is 1. The Hall–Kier alpha value is -1.90. The van der Waals surface area contributed by atoms with Gasteiger partial charge in [0.05, 0.1) is 10.9 Å². The van der Waals surface area contributed by atoms with E-state index in [1.165, 1.54) is 4.57 Å². The molecular formula is C20H31Cl2N5O3. The summed E-state index contributed by atoms with van der Waals surface area (Å²) < 4.78 is 1.44. The highest BCUT2D eigenvalue weighted by molar-refractivity contribution is 6.05. The zero-order chi connectivity index (χ0) is 20.4. The van der Waals surface area contributed by atoms with Crippen LogP contribution in [0.1, 0.15) is 68.4 Å². The van der Waals surface area contributed by atoms with Gasteiger partial charge in [0.1, 0.15) is 0 Å². The average molecular weight is 460 g/mol. The molecule has 8 nitrogen and oxygen atoms in total. The maximum Gasteiger partial charge on any atom is 0.329 e. The first-order chi connectivity index (χ1) is 13.4. The predicted octanol–water partition coefficient (Wildman–Crippen LogP) is 2.32. The van der Waals surface area contributed by atoms with Crippen molar-refractivity contribution in [3.8, 4) is 0 Å². The van der Waals surface area contributed by atoms with Crippen molar-refractivity contribution in [2.45, 2.75) is 65.0 Å². The molecule has 2 unspecified atom stereocenters. The molecular weight excluding hydrogens is 429 g/mol. The lowest BCUT2D eigenvalue weighted by atomic mass is 10.0. The van der Waals surface area contributed by atoms with E-state index in [1.54, 1.807) is 6.07 Å². The minimum Gasteiger partial charge on any atom is -0.349 e. The zero-order valence-electron chi connectivity index (χ0n) is 17.6. The number of aromatic nitrogens is 3. The summed E-state index contributed by atoms with van der Waals surface area (Å²) in [5, 5.41) is 3.22. The summed E-state index contributed by atoms with van der Waals surface area (Å²) in [6.45, 7) is 6.81. The van der Waals surface area contributed by atoms with E-state index in [1.807, 2.05) is 20.8 Å². The van der Waals surface area contributed by atoms with Crippen molar-refractivity contribution < 1.29 is 4.79 Å². The summed E-state index contributed by atoms with van der Waals surface area (Å²) in [5.74, 6) is -0.0197. The molecule has 1 aliphatic carbocycles. The molecule has 2 aromatic rings. The van der Waals surface area contributed by atoms with Gasteiger partial charge < -0.3 is 11.1 Å². The Bertz CT molecular complexity index is 1000. The lowest BCUT2D eigenvalue weighted by Gasteiger charge is -2.20. The number of halogens is 2. The van der Waals surface area contributed by atoms with E-state index in [4.69, 9.17) is 5.73 Å². The van der Waals surface area contributed by atoms with Crippen molar-refractivity contribution in [1.82, 2.24) is 19.9 Å². The third-order valence-corrected chi connectivity index (χ3v) is 5.53. The van der Waals surface area contributed by atoms with E-state index >= 15 is 0 Å². The van der Waals surface area contributed by atoms with Gasteiger partial charge in [-0.25, -0.2) is 9.78 Å². The Morgan fingerprint density at radius 3 is 2.63 bits per heavy atom. The summed E-state index contributed by atoms with van der Waals surface area (Å²) in [4.78, 5) is 45.0. The van der Waals surface area contributed by atoms with Gasteiger partial charge in [-0.3, -0.25) is 19.1 Å². The van der Waals surface area contributed by atoms with Crippen molar-refractivity contribution in [1.29, 1.82) is 0 Å². The van der Waals surface area contributed by atoms with E-state index in [9.17, 15) is 14.4 Å². The Labute approximate surface area is 187 Å². The number of hydrogen-bond acceptors (Lipinski definition) is 5. The molecule has 0 spiro atoms. The number of hydrogen-bond donors (Lipinski definition) is 3. The second-order valence-electron chi connectivity index (χ2n) is 7.87. The number of H-pyrrole nitrogens is 1. The lowest BCUT2D eigenvalue weighted by Crippen LogP contribution is -2.41. The smallest absolute Gasteiger partial charge is 0.329 e. The number of nitrogens with zero attached hydrogens (tertiary/aromatic N) is 2. The number of carbonyl (C=O) groups excluding carboxylic acids is 1. The fourth-order valence-corrected chi connectivity index (χ4v) is 3.95. The monoisotopic (exact) mass is 459 g/mol.